The number of aromatic nitrogens is 1. The monoisotopic (exact) mass is 562 g/mol. The molecule has 0 radical (unpaired) electrons. The van der Waals surface area contributed by atoms with Crippen molar-refractivity contribution in [2.75, 3.05) is 44.2 Å². The lowest BCUT2D eigenvalue weighted by molar-refractivity contribution is 0.0950. The molecule has 2 aromatic carbocycles. The van der Waals surface area contributed by atoms with E-state index in [9.17, 15) is 4.79 Å². The summed E-state index contributed by atoms with van der Waals surface area (Å²) in [6.07, 6.45) is 3.92. The van der Waals surface area contributed by atoms with Crippen LogP contribution in [0.15, 0.2) is 60.8 Å². The van der Waals surface area contributed by atoms with E-state index in [1.54, 1.807) is 18.3 Å². The summed E-state index contributed by atoms with van der Waals surface area (Å²) in [5.74, 6) is 0.520. The van der Waals surface area contributed by atoms with Crippen LogP contribution in [0.25, 0.3) is 0 Å². The van der Waals surface area contributed by atoms with Gasteiger partial charge in [0.25, 0.3) is 5.91 Å². The number of amides is 1. The molecule has 1 amide bonds. The van der Waals surface area contributed by atoms with Crippen molar-refractivity contribution in [2.45, 2.75) is 32.0 Å². The molecule has 7 nitrogen and oxygen atoms in total. The van der Waals surface area contributed by atoms with Crippen LogP contribution in [0.5, 0.6) is 0 Å². The fourth-order valence-corrected chi connectivity index (χ4v) is 5.90. The van der Waals surface area contributed by atoms with Crippen LogP contribution < -0.4 is 10.2 Å². The Morgan fingerprint density at radius 3 is 2.38 bits per heavy atom. The largest absolute Gasteiger partial charge is 0.353 e. The van der Waals surface area contributed by atoms with Gasteiger partial charge in [-0.2, -0.15) is 5.26 Å². The van der Waals surface area contributed by atoms with E-state index in [0.717, 1.165) is 70.0 Å². The first kappa shape index (κ1) is 27.4. The van der Waals surface area contributed by atoms with Gasteiger partial charge in [0.15, 0.2) is 0 Å². The van der Waals surface area contributed by atoms with Gasteiger partial charge >= 0.3 is 0 Å². The number of nitriles is 1. The topological polar surface area (TPSA) is 75.5 Å². The standard InChI is InChI=1S/C30H32Cl2N6O/c31-26-3-1-2-24(16-26)19-35-30(39)25-17-28(32)29(34-20-25)38-14-12-37(13-15-38)27-8-10-36(11-9-27)21-23-6-4-22(18-33)5-7-23/h1-7,16-17,20,27H,8-15,19,21H2,(H,35,39). The Kier molecular flexibility index (Phi) is 9.00. The van der Waals surface area contributed by atoms with Gasteiger partial charge in [0.2, 0.25) is 0 Å². The number of hydrogen-bond donors (Lipinski definition) is 1. The predicted octanol–water partition coefficient (Wildman–Crippen LogP) is 4.98. The predicted molar refractivity (Wildman–Crippen MR) is 155 cm³/mol. The van der Waals surface area contributed by atoms with Gasteiger partial charge in [0.05, 0.1) is 22.2 Å². The summed E-state index contributed by atoms with van der Waals surface area (Å²) in [5.41, 5.74) is 3.34. The molecule has 5 rings (SSSR count). The molecule has 9 heteroatoms. The first-order valence-corrected chi connectivity index (χ1v) is 14.1. The molecule has 0 atom stereocenters. The maximum atomic E-state index is 12.6. The van der Waals surface area contributed by atoms with E-state index in [4.69, 9.17) is 28.5 Å². The number of benzene rings is 2. The number of piperazine rings is 1. The van der Waals surface area contributed by atoms with Crippen molar-refractivity contribution in [3.63, 3.8) is 0 Å². The Hall–Kier alpha value is -3.15. The SMILES string of the molecule is N#Cc1ccc(CN2CCC(N3CCN(c4ncc(C(=O)NCc5cccc(Cl)c5)cc4Cl)CC3)CC2)cc1. The first-order valence-electron chi connectivity index (χ1n) is 13.4. The number of nitrogens with one attached hydrogen (secondary N) is 1. The molecule has 0 bridgehead atoms. The summed E-state index contributed by atoms with van der Waals surface area (Å²) < 4.78 is 0. The second-order valence-electron chi connectivity index (χ2n) is 10.2. The minimum absolute atomic E-state index is 0.216. The zero-order valence-electron chi connectivity index (χ0n) is 21.8. The number of likely N-dealkylation sites (tertiary alicyclic amines) is 1. The molecule has 0 spiro atoms. The van der Waals surface area contributed by atoms with Crippen molar-refractivity contribution in [3.05, 3.63) is 93.1 Å². The van der Waals surface area contributed by atoms with E-state index in [2.05, 4.69) is 43.2 Å². The molecule has 2 aliphatic heterocycles. The highest BCUT2D eigenvalue weighted by atomic mass is 35.5. The number of rotatable bonds is 7. The van der Waals surface area contributed by atoms with Crippen LogP contribution in [0.3, 0.4) is 0 Å². The number of nitrogens with zero attached hydrogens (tertiary/aromatic N) is 5. The lowest BCUT2D eigenvalue weighted by Gasteiger charge is -2.43. The van der Waals surface area contributed by atoms with Crippen molar-refractivity contribution in [3.8, 4) is 6.07 Å². The number of carbonyl (C=O) groups is 1. The molecule has 1 aromatic heterocycles. The molecule has 39 heavy (non-hydrogen) atoms. The third-order valence-electron chi connectivity index (χ3n) is 7.60. The van der Waals surface area contributed by atoms with Crippen LogP contribution in [-0.2, 0) is 13.1 Å². The van der Waals surface area contributed by atoms with Crippen LogP contribution in [-0.4, -0.2) is 66.0 Å². The zero-order valence-corrected chi connectivity index (χ0v) is 23.3. The number of hydrogen-bond acceptors (Lipinski definition) is 6. The third-order valence-corrected chi connectivity index (χ3v) is 8.12. The van der Waals surface area contributed by atoms with E-state index in [1.165, 1.54) is 5.56 Å². The quantitative estimate of drug-likeness (QED) is 0.437. The molecule has 0 aliphatic carbocycles. The Morgan fingerprint density at radius 1 is 0.974 bits per heavy atom. The minimum atomic E-state index is -0.216. The Balaban J connectivity index is 1.08. The summed E-state index contributed by atoms with van der Waals surface area (Å²) in [7, 11) is 0. The van der Waals surface area contributed by atoms with E-state index < -0.39 is 0 Å². The van der Waals surface area contributed by atoms with Crippen molar-refractivity contribution in [1.29, 1.82) is 5.26 Å². The molecule has 2 aliphatic rings. The molecule has 202 valence electrons. The van der Waals surface area contributed by atoms with E-state index >= 15 is 0 Å². The summed E-state index contributed by atoms with van der Waals surface area (Å²) in [6.45, 7) is 7.15. The molecule has 0 saturated carbocycles. The van der Waals surface area contributed by atoms with Crippen molar-refractivity contribution >= 4 is 34.9 Å². The van der Waals surface area contributed by atoms with Gasteiger partial charge in [-0.3, -0.25) is 14.6 Å². The normalized spacial score (nSPS) is 17.1. The second kappa shape index (κ2) is 12.8. The van der Waals surface area contributed by atoms with Crippen molar-refractivity contribution in [1.82, 2.24) is 20.1 Å². The van der Waals surface area contributed by atoms with Gasteiger partial charge < -0.3 is 10.2 Å². The van der Waals surface area contributed by atoms with Crippen LogP contribution >= 0.6 is 23.2 Å². The average molecular weight is 564 g/mol. The van der Waals surface area contributed by atoms with Gasteiger partial charge in [-0.15, -0.1) is 0 Å². The Bertz CT molecular complexity index is 1330. The molecule has 1 N–H and O–H groups in total. The van der Waals surface area contributed by atoms with Gasteiger partial charge in [-0.05, 0) is 67.4 Å². The molecule has 3 heterocycles. The number of anilines is 1. The highest BCUT2D eigenvalue weighted by Crippen LogP contribution is 2.27. The molecule has 3 aromatic rings. The summed E-state index contributed by atoms with van der Waals surface area (Å²) in [4.78, 5) is 24.5. The van der Waals surface area contributed by atoms with E-state index in [1.807, 2.05) is 30.3 Å². The molecular weight excluding hydrogens is 531 g/mol. The molecule has 0 unspecified atom stereocenters. The van der Waals surface area contributed by atoms with Crippen LogP contribution in [0.4, 0.5) is 5.82 Å². The smallest absolute Gasteiger partial charge is 0.253 e. The number of carbonyl (C=O) groups excluding carboxylic acids is 1. The lowest BCUT2D eigenvalue weighted by atomic mass is 10.0. The van der Waals surface area contributed by atoms with Gasteiger partial charge in [-0.1, -0.05) is 47.5 Å². The summed E-state index contributed by atoms with van der Waals surface area (Å²) >= 11 is 12.6. The zero-order chi connectivity index (χ0) is 27.2. The van der Waals surface area contributed by atoms with Gasteiger partial charge in [0, 0.05) is 56.5 Å². The fraction of sp³-hybridized carbons (Fsp3) is 0.367. The number of pyridine rings is 1. The second-order valence-corrected chi connectivity index (χ2v) is 11.0. The molecule has 2 fully saturated rings. The number of piperidine rings is 1. The van der Waals surface area contributed by atoms with Crippen molar-refractivity contribution in [2.24, 2.45) is 0 Å². The molecular formula is C30H32Cl2N6O. The van der Waals surface area contributed by atoms with Gasteiger partial charge in [-0.25, -0.2) is 4.98 Å². The average Bonchev–Trinajstić information content (AvgIpc) is 2.97. The highest BCUT2D eigenvalue weighted by molar-refractivity contribution is 6.33. The Morgan fingerprint density at radius 2 is 1.72 bits per heavy atom. The summed E-state index contributed by atoms with van der Waals surface area (Å²) in [5, 5.41) is 13.0. The number of halogens is 2. The summed E-state index contributed by atoms with van der Waals surface area (Å²) in [6, 6.07) is 19.8. The minimum Gasteiger partial charge on any atom is -0.353 e. The molecule has 2 saturated heterocycles. The highest BCUT2D eigenvalue weighted by Gasteiger charge is 2.28. The fourth-order valence-electron chi connectivity index (χ4n) is 5.40. The Labute approximate surface area is 239 Å². The van der Waals surface area contributed by atoms with E-state index in [0.29, 0.717) is 33.8 Å². The first-order chi connectivity index (χ1) is 19.0. The van der Waals surface area contributed by atoms with Crippen LogP contribution in [0.2, 0.25) is 10.0 Å². The van der Waals surface area contributed by atoms with Crippen LogP contribution in [0, 0.1) is 11.3 Å². The van der Waals surface area contributed by atoms with E-state index in [-0.39, 0.29) is 5.91 Å². The maximum Gasteiger partial charge on any atom is 0.253 e. The maximum absolute atomic E-state index is 12.6. The van der Waals surface area contributed by atoms with Gasteiger partial charge in [0.1, 0.15) is 5.82 Å². The van der Waals surface area contributed by atoms with Crippen LogP contribution in [0.1, 0.15) is 39.9 Å². The lowest BCUT2D eigenvalue weighted by Crippen LogP contribution is -2.53. The van der Waals surface area contributed by atoms with Crippen molar-refractivity contribution < 1.29 is 4.79 Å². The third kappa shape index (κ3) is 7.09.